The first-order valence-electron chi connectivity index (χ1n) is 12.1. The number of hydrogen-bond acceptors (Lipinski definition) is 6. The van der Waals surface area contributed by atoms with Gasteiger partial charge >= 0.3 is 12.4 Å². The normalized spacial score (nSPS) is 15.6. The van der Waals surface area contributed by atoms with E-state index in [4.69, 9.17) is 16.0 Å². The average Bonchev–Trinajstić information content (AvgIpc) is 3.46. The fourth-order valence-electron chi connectivity index (χ4n) is 4.22. The molecule has 224 valence electrons. The number of hydrogen-bond donors (Lipinski definition) is 3. The number of dihydropyridines is 1. The largest absolute Gasteiger partial charge is 0.468 e. The SMILES string of the molecule is CC1=C(C(=O)Nc2cc(C(F)(F)F)ccc2Cl)C(c2ccco2)C(C#N)=C(SCC(=O)Nc2ccccc2C(F)(F)F)N1. The zero-order valence-electron chi connectivity index (χ0n) is 21.8. The van der Waals surface area contributed by atoms with Gasteiger partial charge in [0, 0.05) is 5.70 Å². The molecule has 2 aromatic carbocycles. The number of amides is 2. The van der Waals surface area contributed by atoms with Gasteiger partial charge in [0.15, 0.2) is 0 Å². The Kier molecular flexibility index (Phi) is 9.17. The molecule has 1 unspecified atom stereocenters. The molecule has 0 bridgehead atoms. The summed E-state index contributed by atoms with van der Waals surface area (Å²) in [6.45, 7) is 1.47. The highest BCUT2D eigenvalue weighted by Crippen LogP contribution is 2.42. The van der Waals surface area contributed by atoms with Gasteiger partial charge in [0.25, 0.3) is 5.91 Å². The number of para-hydroxylation sites is 1. The van der Waals surface area contributed by atoms with E-state index in [0.717, 1.165) is 36.0 Å². The molecule has 0 saturated heterocycles. The minimum atomic E-state index is -4.70. The Bertz CT molecular complexity index is 1660. The fraction of sp³-hybridized carbons (Fsp3) is 0.179. The smallest absolute Gasteiger partial charge is 0.418 e. The zero-order valence-corrected chi connectivity index (χ0v) is 23.4. The monoisotopic (exact) mass is 640 g/mol. The van der Waals surface area contributed by atoms with E-state index in [0.29, 0.717) is 6.07 Å². The molecule has 0 radical (unpaired) electrons. The van der Waals surface area contributed by atoms with Crippen molar-refractivity contribution in [2.24, 2.45) is 0 Å². The molecule has 43 heavy (non-hydrogen) atoms. The van der Waals surface area contributed by atoms with Crippen LogP contribution in [-0.2, 0) is 21.9 Å². The summed E-state index contributed by atoms with van der Waals surface area (Å²) in [6, 6.07) is 11.8. The van der Waals surface area contributed by atoms with Crippen LogP contribution in [0.25, 0.3) is 0 Å². The van der Waals surface area contributed by atoms with Crippen molar-refractivity contribution in [1.82, 2.24) is 5.32 Å². The van der Waals surface area contributed by atoms with Gasteiger partial charge in [-0.1, -0.05) is 35.5 Å². The third kappa shape index (κ3) is 7.18. The van der Waals surface area contributed by atoms with Gasteiger partial charge in [-0.25, -0.2) is 0 Å². The molecule has 4 rings (SSSR count). The van der Waals surface area contributed by atoms with E-state index >= 15 is 0 Å². The fourth-order valence-corrected chi connectivity index (χ4v) is 5.27. The maximum absolute atomic E-state index is 13.5. The number of benzene rings is 2. The van der Waals surface area contributed by atoms with Gasteiger partial charge < -0.3 is 20.4 Å². The van der Waals surface area contributed by atoms with E-state index in [-0.39, 0.29) is 38.3 Å². The summed E-state index contributed by atoms with van der Waals surface area (Å²) in [7, 11) is 0. The molecule has 3 N–H and O–H groups in total. The van der Waals surface area contributed by atoms with Crippen molar-refractivity contribution >= 4 is 46.6 Å². The molecule has 1 aliphatic heterocycles. The van der Waals surface area contributed by atoms with Crippen LogP contribution in [0.2, 0.25) is 5.02 Å². The van der Waals surface area contributed by atoms with E-state index in [1.807, 2.05) is 6.07 Å². The summed E-state index contributed by atoms with van der Waals surface area (Å²) in [6.07, 6.45) is -8.11. The molecule has 2 amide bonds. The number of carbonyl (C=O) groups excluding carboxylic acids is 2. The summed E-state index contributed by atoms with van der Waals surface area (Å²) in [4.78, 5) is 26.1. The van der Waals surface area contributed by atoms with Crippen LogP contribution in [0.4, 0.5) is 37.7 Å². The van der Waals surface area contributed by atoms with Gasteiger partial charge in [-0.3, -0.25) is 9.59 Å². The zero-order chi connectivity index (χ0) is 31.5. The van der Waals surface area contributed by atoms with Crippen molar-refractivity contribution in [2.75, 3.05) is 16.4 Å². The molecular formula is C28H19ClF6N4O3S. The highest BCUT2D eigenvalue weighted by molar-refractivity contribution is 8.03. The van der Waals surface area contributed by atoms with Crippen molar-refractivity contribution in [1.29, 1.82) is 5.26 Å². The molecular weight excluding hydrogens is 622 g/mol. The number of rotatable bonds is 7. The number of furan rings is 1. The van der Waals surface area contributed by atoms with Crippen molar-refractivity contribution in [3.8, 4) is 6.07 Å². The van der Waals surface area contributed by atoms with Crippen molar-refractivity contribution in [3.63, 3.8) is 0 Å². The first kappa shape index (κ1) is 31.6. The van der Waals surface area contributed by atoms with Gasteiger partial charge in [-0.15, -0.1) is 0 Å². The number of carbonyl (C=O) groups is 2. The first-order chi connectivity index (χ1) is 20.2. The minimum Gasteiger partial charge on any atom is -0.468 e. The van der Waals surface area contributed by atoms with E-state index in [2.05, 4.69) is 16.0 Å². The number of halogens is 7. The summed E-state index contributed by atoms with van der Waals surface area (Å²) in [5.41, 5.74) is -2.82. The predicted molar refractivity (Wildman–Crippen MR) is 148 cm³/mol. The Morgan fingerprint density at radius 1 is 1.02 bits per heavy atom. The Morgan fingerprint density at radius 2 is 1.74 bits per heavy atom. The van der Waals surface area contributed by atoms with E-state index in [1.54, 1.807) is 0 Å². The van der Waals surface area contributed by atoms with Crippen LogP contribution in [0, 0.1) is 11.3 Å². The second kappa shape index (κ2) is 12.5. The van der Waals surface area contributed by atoms with Crippen LogP contribution in [0.3, 0.4) is 0 Å². The molecule has 0 fully saturated rings. The molecule has 7 nitrogen and oxygen atoms in total. The average molecular weight is 641 g/mol. The molecule has 0 saturated carbocycles. The van der Waals surface area contributed by atoms with Crippen LogP contribution >= 0.6 is 23.4 Å². The highest BCUT2D eigenvalue weighted by Gasteiger charge is 2.38. The Hall–Kier alpha value is -4.35. The maximum atomic E-state index is 13.5. The van der Waals surface area contributed by atoms with Crippen LogP contribution in [0.5, 0.6) is 0 Å². The lowest BCUT2D eigenvalue weighted by molar-refractivity contribution is -0.138. The number of nitrogens with one attached hydrogen (secondary N) is 3. The minimum absolute atomic E-state index is 0.0747. The van der Waals surface area contributed by atoms with Gasteiger partial charge in [-0.05, 0) is 49.4 Å². The lowest BCUT2D eigenvalue weighted by Gasteiger charge is -2.28. The summed E-state index contributed by atoms with van der Waals surface area (Å²) in [5, 5.41) is 17.5. The van der Waals surface area contributed by atoms with Crippen LogP contribution in [0.1, 0.15) is 29.7 Å². The van der Waals surface area contributed by atoms with E-state index < -0.39 is 52.7 Å². The van der Waals surface area contributed by atoms with Crippen LogP contribution in [0.15, 0.2) is 87.1 Å². The maximum Gasteiger partial charge on any atom is 0.418 e. The number of allylic oxidation sites excluding steroid dienone is 2. The molecule has 1 aromatic heterocycles. The Balaban J connectivity index is 1.61. The lowest BCUT2D eigenvalue weighted by Crippen LogP contribution is -2.31. The Morgan fingerprint density at radius 3 is 2.37 bits per heavy atom. The number of thioether (sulfide) groups is 1. The van der Waals surface area contributed by atoms with Gasteiger partial charge in [0.1, 0.15) is 5.76 Å². The molecule has 3 aromatic rings. The first-order valence-corrected chi connectivity index (χ1v) is 13.5. The van der Waals surface area contributed by atoms with E-state index in [9.17, 15) is 41.2 Å². The van der Waals surface area contributed by atoms with Crippen molar-refractivity contribution in [2.45, 2.75) is 25.2 Å². The molecule has 2 heterocycles. The predicted octanol–water partition coefficient (Wildman–Crippen LogP) is 7.68. The number of anilines is 2. The molecule has 15 heteroatoms. The molecule has 0 spiro atoms. The Labute approximate surface area is 249 Å². The quantitative estimate of drug-likeness (QED) is 0.229. The second-order valence-electron chi connectivity index (χ2n) is 8.99. The van der Waals surface area contributed by atoms with Crippen LogP contribution in [-0.4, -0.2) is 17.6 Å². The second-order valence-corrected chi connectivity index (χ2v) is 10.4. The third-order valence-corrected chi connectivity index (χ3v) is 7.46. The van der Waals surface area contributed by atoms with E-state index in [1.165, 1.54) is 37.5 Å². The number of nitrogens with zero attached hydrogens (tertiary/aromatic N) is 1. The summed E-state index contributed by atoms with van der Waals surface area (Å²) in [5.74, 6) is -3.11. The number of alkyl halides is 6. The standard InChI is InChI=1S/C28H19ClF6N4O3S/c1-14-23(25(41)39-20-11-15(27(30,31)32)8-9-18(20)29)24(21-7-4-10-42-21)16(12-36)26(37-14)43-13-22(40)38-19-6-3-2-5-17(19)28(33,34)35/h2-11,24,37H,13H2,1H3,(H,38,40)(H,39,41). The summed E-state index contributed by atoms with van der Waals surface area (Å²) < 4.78 is 85.2. The van der Waals surface area contributed by atoms with Gasteiger partial charge in [-0.2, -0.15) is 31.6 Å². The van der Waals surface area contributed by atoms with Gasteiger partial charge in [0.2, 0.25) is 5.91 Å². The topological polar surface area (TPSA) is 107 Å². The van der Waals surface area contributed by atoms with Crippen molar-refractivity contribution in [3.05, 3.63) is 105 Å². The number of nitriles is 1. The molecule has 1 atom stereocenters. The molecule has 0 aliphatic carbocycles. The van der Waals surface area contributed by atoms with Gasteiger partial charge in [0.05, 0.1) is 67.7 Å². The summed E-state index contributed by atoms with van der Waals surface area (Å²) >= 11 is 6.85. The van der Waals surface area contributed by atoms with Crippen molar-refractivity contribution < 1.29 is 40.3 Å². The molecule has 1 aliphatic rings. The lowest BCUT2D eigenvalue weighted by atomic mass is 9.85. The van der Waals surface area contributed by atoms with Crippen LogP contribution < -0.4 is 16.0 Å². The highest BCUT2D eigenvalue weighted by atomic mass is 35.5. The third-order valence-electron chi connectivity index (χ3n) is 6.12.